The summed E-state index contributed by atoms with van der Waals surface area (Å²) in [5.74, 6) is 0. The Kier molecular flexibility index (Phi) is 3.06. The van der Waals surface area contributed by atoms with E-state index in [-0.39, 0.29) is 5.60 Å². The van der Waals surface area contributed by atoms with Crippen molar-refractivity contribution in [1.29, 1.82) is 0 Å². The maximum atomic E-state index is 5.98. The van der Waals surface area contributed by atoms with E-state index in [1.54, 1.807) is 0 Å². The summed E-state index contributed by atoms with van der Waals surface area (Å²) in [5.41, 5.74) is 4.28. The molecule has 1 heterocycles. The van der Waals surface area contributed by atoms with Crippen LogP contribution in [-0.4, -0.2) is 18.2 Å². The van der Waals surface area contributed by atoms with E-state index in [0.29, 0.717) is 6.04 Å². The fraction of sp³-hybridized carbons (Fsp3) is 0.625. The molecule has 2 aliphatic rings. The van der Waals surface area contributed by atoms with Crippen molar-refractivity contribution in [3.63, 3.8) is 0 Å². The predicted octanol–water partition coefficient (Wildman–Crippen LogP) is 3.82. The Morgan fingerprint density at radius 2 is 2.11 bits per heavy atom. The van der Waals surface area contributed by atoms with Gasteiger partial charge in [0.15, 0.2) is 0 Å². The lowest BCUT2D eigenvalue weighted by molar-refractivity contribution is -0.130. The first-order valence-electron chi connectivity index (χ1n) is 7.15. The molecule has 2 heteroatoms. The van der Waals surface area contributed by atoms with Gasteiger partial charge in [0.25, 0.3) is 0 Å². The van der Waals surface area contributed by atoms with Gasteiger partial charge < -0.3 is 10.1 Å². The number of anilines is 1. The standard InChI is InChI=1S/C16H23NO/c1-12-5-3-6-15(13(12)2)17-14-7-10-18-16(11-14)8-4-9-16/h3,5-6,14,17H,4,7-11H2,1-2H3. The molecule has 98 valence electrons. The molecule has 0 aromatic heterocycles. The minimum atomic E-state index is 0.230. The zero-order valence-electron chi connectivity index (χ0n) is 11.5. The third-order valence-electron chi connectivity index (χ3n) is 4.72. The molecule has 1 saturated heterocycles. The molecule has 1 saturated carbocycles. The molecule has 1 atom stereocenters. The van der Waals surface area contributed by atoms with Crippen LogP contribution in [0.15, 0.2) is 18.2 Å². The highest BCUT2D eigenvalue weighted by Crippen LogP contribution is 2.43. The smallest absolute Gasteiger partial charge is 0.0702 e. The van der Waals surface area contributed by atoms with Gasteiger partial charge in [0.05, 0.1) is 5.60 Å². The van der Waals surface area contributed by atoms with Gasteiger partial charge in [-0.05, 0) is 63.1 Å². The van der Waals surface area contributed by atoms with Gasteiger partial charge in [0, 0.05) is 18.3 Å². The molecule has 18 heavy (non-hydrogen) atoms. The second-order valence-electron chi connectivity index (χ2n) is 5.97. The number of rotatable bonds is 2. The number of ether oxygens (including phenoxy) is 1. The molecule has 0 bridgehead atoms. The molecular formula is C16H23NO. The molecule has 3 rings (SSSR count). The zero-order chi connectivity index (χ0) is 12.6. The lowest BCUT2D eigenvalue weighted by Crippen LogP contribution is -2.49. The second-order valence-corrected chi connectivity index (χ2v) is 5.97. The Morgan fingerprint density at radius 3 is 2.83 bits per heavy atom. The van der Waals surface area contributed by atoms with Crippen LogP contribution in [0, 0.1) is 13.8 Å². The average molecular weight is 245 g/mol. The van der Waals surface area contributed by atoms with Crippen molar-refractivity contribution in [3.05, 3.63) is 29.3 Å². The van der Waals surface area contributed by atoms with Crippen LogP contribution in [0.5, 0.6) is 0 Å². The van der Waals surface area contributed by atoms with Gasteiger partial charge in [-0.25, -0.2) is 0 Å². The van der Waals surface area contributed by atoms with Crippen molar-refractivity contribution in [2.24, 2.45) is 0 Å². The van der Waals surface area contributed by atoms with Gasteiger partial charge in [0.2, 0.25) is 0 Å². The third kappa shape index (κ3) is 2.14. The first-order valence-corrected chi connectivity index (χ1v) is 7.15. The van der Waals surface area contributed by atoms with E-state index in [4.69, 9.17) is 4.74 Å². The van der Waals surface area contributed by atoms with Gasteiger partial charge in [-0.2, -0.15) is 0 Å². The molecule has 1 spiro atoms. The maximum Gasteiger partial charge on any atom is 0.0702 e. The third-order valence-corrected chi connectivity index (χ3v) is 4.72. The minimum absolute atomic E-state index is 0.230. The molecule has 0 amide bonds. The molecule has 1 unspecified atom stereocenters. The van der Waals surface area contributed by atoms with Gasteiger partial charge in [-0.1, -0.05) is 12.1 Å². The molecular weight excluding hydrogens is 222 g/mol. The normalized spacial score (nSPS) is 25.8. The van der Waals surface area contributed by atoms with Crippen LogP contribution in [0.4, 0.5) is 5.69 Å². The van der Waals surface area contributed by atoms with E-state index < -0.39 is 0 Å². The quantitative estimate of drug-likeness (QED) is 0.855. The van der Waals surface area contributed by atoms with Crippen LogP contribution < -0.4 is 5.32 Å². The molecule has 0 radical (unpaired) electrons. The largest absolute Gasteiger partial charge is 0.382 e. The number of nitrogens with one attached hydrogen (secondary N) is 1. The topological polar surface area (TPSA) is 21.3 Å². The van der Waals surface area contributed by atoms with Crippen molar-refractivity contribution in [3.8, 4) is 0 Å². The van der Waals surface area contributed by atoms with Crippen LogP contribution in [0.3, 0.4) is 0 Å². The van der Waals surface area contributed by atoms with Gasteiger partial charge >= 0.3 is 0 Å². The number of benzene rings is 1. The van der Waals surface area contributed by atoms with E-state index in [2.05, 4.69) is 37.4 Å². The first kappa shape index (κ1) is 12.0. The molecule has 1 aromatic carbocycles. The zero-order valence-corrected chi connectivity index (χ0v) is 11.5. The van der Waals surface area contributed by atoms with Crippen LogP contribution >= 0.6 is 0 Å². The van der Waals surface area contributed by atoms with E-state index in [9.17, 15) is 0 Å². The Hall–Kier alpha value is -1.02. The molecule has 2 nitrogen and oxygen atoms in total. The summed E-state index contributed by atoms with van der Waals surface area (Å²) in [6, 6.07) is 7.10. The van der Waals surface area contributed by atoms with Crippen molar-refractivity contribution in [2.75, 3.05) is 11.9 Å². The summed E-state index contributed by atoms with van der Waals surface area (Å²) in [5, 5.41) is 3.73. The fourth-order valence-electron chi connectivity index (χ4n) is 3.20. The Balaban J connectivity index is 1.70. The van der Waals surface area contributed by atoms with Crippen molar-refractivity contribution in [2.45, 2.75) is 57.6 Å². The Morgan fingerprint density at radius 1 is 1.28 bits per heavy atom. The monoisotopic (exact) mass is 245 g/mol. The minimum Gasteiger partial charge on any atom is -0.382 e. The van der Waals surface area contributed by atoms with Crippen molar-refractivity contribution >= 4 is 5.69 Å². The maximum absolute atomic E-state index is 5.98. The second kappa shape index (κ2) is 4.58. The van der Waals surface area contributed by atoms with Gasteiger partial charge in [-0.3, -0.25) is 0 Å². The van der Waals surface area contributed by atoms with Crippen LogP contribution in [0.25, 0.3) is 0 Å². The fourth-order valence-corrected chi connectivity index (χ4v) is 3.20. The lowest BCUT2D eigenvalue weighted by atomic mass is 9.74. The summed E-state index contributed by atoms with van der Waals surface area (Å²) in [6.07, 6.45) is 6.18. The number of hydrogen-bond donors (Lipinski definition) is 1. The Labute approximate surface area is 110 Å². The summed E-state index contributed by atoms with van der Waals surface area (Å²) in [7, 11) is 0. The number of aryl methyl sites for hydroxylation is 1. The molecule has 1 aliphatic carbocycles. The SMILES string of the molecule is Cc1cccc(NC2CCOC3(CCC3)C2)c1C. The highest BCUT2D eigenvalue weighted by atomic mass is 16.5. The molecule has 1 N–H and O–H groups in total. The lowest BCUT2D eigenvalue weighted by Gasteiger charge is -2.47. The van der Waals surface area contributed by atoms with Crippen LogP contribution in [0.2, 0.25) is 0 Å². The Bertz CT molecular complexity index is 437. The molecule has 2 fully saturated rings. The van der Waals surface area contributed by atoms with Crippen molar-refractivity contribution in [1.82, 2.24) is 0 Å². The summed E-state index contributed by atoms with van der Waals surface area (Å²) >= 11 is 0. The summed E-state index contributed by atoms with van der Waals surface area (Å²) < 4.78 is 5.98. The van der Waals surface area contributed by atoms with E-state index in [1.165, 1.54) is 42.5 Å². The van der Waals surface area contributed by atoms with E-state index in [1.807, 2.05) is 0 Å². The van der Waals surface area contributed by atoms with E-state index >= 15 is 0 Å². The highest BCUT2D eigenvalue weighted by Gasteiger charge is 2.42. The molecule has 1 aromatic rings. The highest BCUT2D eigenvalue weighted by molar-refractivity contribution is 5.54. The van der Waals surface area contributed by atoms with Crippen LogP contribution in [-0.2, 0) is 4.74 Å². The first-order chi connectivity index (χ1) is 8.69. The number of hydrogen-bond acceptors (Lipinski definition) is 2. The summed E-state index contributed by atoms with van der Waals surface area (Å²) in [4.78, 5) is 0. The summed E-state index contributed by atoms with van der Waals surface area (Å²) in [6.45, 7) is 5.30. The van der Waals surface area contributed by atoms with E-state index in [0.717, 1.165) is 13.0 Å². The van der Waals surface area contributed by atoms with Gasteiger partial charge in [-0.15, -0.1) is 0 Å². The van der Waals surface area contributed by atoms with Crippen molar-refractivity contribution < 1.29 is 4.74 Å². The van der Waals surface area contributed by atoms with Crippen LogP contribution in [0.1, 0.15) is 43.2 Å². The average Bonchev–Trinajstić information content (AvgIpc) is 2.34. The van der Waals surface area contributed by atoms with Gasteiger partial charge in [0.1, 0.15) is 0 Å². The molecule has 1 aliphatic heterocycles. The predicted molar refractivity (Wildman–Crippen MR) is 75.1 cm³/mol.